The first-order valence-corrected chi connectivity index (χ1v) is 9.63. The molecule has 0 unspecified atom stereocenters. The van der Waals surface area contributed by atoms with E-state index in [4.69, 9.17) is 0 Å². The summed E-state index contributed by atoms with van der Waals surface area (Å²) in [5.41, 5.74) is 0. The van der Waals surface area contributed by atoms with Crippen molar-refractivity contribution in [2.45, 2.75) is 76.8 Å². The lowest BCUT2D eigenvalue weighted by Gasteiger charge is -2.54. The maximum absolute atomic E-state index is 12.7. The van der Waals surface area contributed by atoms with E-state index >= 15 is 0 Å². The fourth-order valence-electron chi connectivity index (χ4n) is 6.20. The lowest BCUT2D eigenvalue weighted by Crippen LogP contribution is -2.58. The van der Waals surface area contributed by atoms with Gasteiger partial charge in [0.05, 0.1) is 0 Å². The van der Waals surface area contributed by atoms with Crippen molar-refractivity contribution in [3.8, 4) is 0 Å². The first-order chi connectivity index (χ1) is 10.6. The maximum atomic E-state index is 12.7. The number of amides is 2. The van der Waals surface area contributed by atoms with Gasteiger partial charge in [0.15, 0.2) is 0 Å². The molecule has 5 saturated carbocycles. The molecule has 5 aliphatic rings. The fraction of sp³-hybridized carbons (Fsp3) is 0.947. The van der Waals surface area contributed by atoms with E-state index < -0.39 is 0 Å². The molecule has 5 fully saturated rings. The monoisotopic (exact) mass is 304 g/mol. The Morgan fingerprint density at radius 1 is 0.909 bits per heavy atom. The van der Waals surface area contributed by atoms with Gasteiger partial charge in [-0.25, -0.2) is 4.79 Å². The van der Waals surface area contributed by atoms with Gasteiger partial charge in [-0.05, 0) is 87.4 Å². The average molecular weight is 304 g/mol. The van der Waals surface area contributed by atoms with Crippen LogP contribution in [0.15, 0.2) is 0 Å². The highest BCUT2D eigenvalue weighted by molar-refractivity contribution is 5.74. The molecule has 0 aliphatic heterocycles. The average Bonchev–Trinajstić information content (AvgIpc) is 2.50. The molecule has 0 aromatic carbocycles. The van der Waals surface area contributed by atoms with Gasteiger partial charge in [0.25, 0.3) is 0 Å². The molecule has 124 valence electrons. The summed E-state index contributed by atoms with van der Waals surface area (Å²) in [6.07, 6.45) is 11.9. The van der Waals surface area contributed by atoms with Crippen molar-refractivity contribution in [3.63, 3.8) is 0 Å². The highest BCUT2D eigenvalue weighted by atomic mass is 16.2. The molecule has 1 N–H and O–H groups in total. The molecule has 3 nitrogen and oxygen atoms in total. The van der Waals surface area contributed by atoms with Gasteiger partial charge in [0, 0.05) is 19.1 Å². The Hall–Kier alpha value is -0.730. The van der Waals surface area contributed by atoms with Gasteiger partial charge in [-0.2, -0.15) is 0 Å². The first-order valence-electron chi connectivity index (χ1n) is 9.63. The Kier molecular flexibility index (Phi) is 3.86. The summed E-state index contributed by atoms with van der Waals surface area (Å²) in [5, 5.41) is 3.46. The predicted octanol–water partition coefficient (Wildman–Crippen LogP) is 4.03. The van der Waals surface area contributed by atoms with E-state index in [0.29, 0.717) is 12.1 Å². The van der Waals surface area contributed by atoms with E-state index in [1.807, 2.05) is 11.9 Å². The van der Waals surface area contributed by atoms with E-state index in [-0.39, 0.29) is 6.03 Å². The largest absolute Gasteiger partial charge is 0.335 e. The van der Waals surface area contributed by atoms with Crippen LogP contribution < -0.4 is 5.32 Å². The van der Waals surface area contributed by atoms with Crippen molar-refractivity contribution in [2.75, 3.05) is 7.05 Å². The van der Waals surface area contributed by atoms with E-state index in [1.54, 1.807) is 0 Å². The number of hydrogen-bond acceptors (Lipinski definition) is 1. The van der Waals surface area contributed by atoms with E-state index in [0.717, 1.165) is 29.6 Å². The number of carbonyl (C=O) groups excluding carboxylic acids is 1. The number of rotatable bonds is 2. The smallest absolute Gasteiger partial charge is 0.317 e. The molecule has 0 aromatic rings. The van der Waals surface area contributed by atoms with Gasteiger partial charge in [-0.15, -0.1) is 0 Å². The van der Waals surface area contributed by atoms with Gasteiger partial charge in [-0.3, -0.25) is 0 Å². The number of urea groups is 1. The van der Waals surface area contributed by atoms with Crippen LogP contribution in [0, 0.1) is 29.6 Å². The van der Waals surface area contributed by atoms with Crippen molar-refractivity contribution in [3.05, 3.63) is 0 Å². The Balaban J connectivity index is 1.35. The lowest BCUT2D eigenvalue weighted by atomic mass is 9.54. The molecular weight excluding hydrogens is 272 g/mol. The van der Waals surface area contributed by atoms with E-state index in [2.05, 4.69) is 12.2 Å². The predicted molar refractivity (Wildman–Crippen MR) is 88.5 cm³/mol. The van der Waals surface area contributed by atoms with Crippen LogP contribution in [0.3, 0.4) is 0 Å². The highest BCUT2D eigenvalue weighted by Crippen LogP contribution is 2.53. The van der Waals surface area contributed by atoms with Crippen molar-refractivity contribution in [2.24, 2.45) is 29.6 Å². The summed E-state index contributed by atoms with van der Waals surface area (Å²) in [7, 11) is 2.02. The molecule has 0 aromatic heterocycles. The van der Waals surface area contributed by atoms with Crippen LogP contribution in [0.4, 0.5) is 4.79 Å². The van der Waals surface area contributed by atoms with E-state index in [1.165, 1.54) is 57.8 Å². The molecule has 0 radical (unpaired) electrons. The van der Waals surface area contributed by atoms with Crippen molar-refractivity contribution >= 4 is 6.03 Å². The van der Waals surface area contributed by atoms with Crippen molar-refractivity contribution in [1.82, 2.24) is 10.2 Å². The Labute approximate surface area is 135 Å². The molecular formula is C19H32N2O. The Morgan fingerprint density at radius 2 is 1.45 bits per heavy atom. The zero-order valence-electron chi connectivity index (χ0n) is 14.3. The minimum Gasteiger partial charge on any atom is -0.335 e. The third-order valence-electron chi connectivity index (χ3n) is 7.37. The lowest BCUT2D eigenvalue weighted by molar-refractivity contribution is -0.0114. The van der Waals surface area contributed by atoms with Crippen LogP contribution in [-0.2, 0) is 0 Å². The third-order valence-corrected chi connectivity index (χ3v) is 7.37. The first kappa shape index (κ1) is 14.8. The summed E-state index contributed by atoms with van der Waals surface area (Å²) >= 11 is 0. The van der Waals surface area contributed by atoms with Crippen molar-refractivity contribution < 1.29 is 4.79 Å². The molecule has 5 aliphatic carbocycles. The Morgan fingerprint density at radius 3 is 2.00 bits per heavy atom. The van der Waals surface area contributed by atoms with Crippen molar-refractivity contribution in [1.29, 1.82) is 0 Å². The maximum Gasteiger partial charge on any atom is 0.317 e. The number of carbonyl (C=O) groups is 1. The minimum atomic E-state index is 0.206. The second-order valence-corrected chi connectivity index (χ2v) is 8.93. The van der Waals surface area contributed by atoms with Crippen LogP contribution in [0.5, 0.6) is 0 Å². The van der Waals surface area contributed by atoms with Crippen LogP contribution >= 0.6 is 0 Å². The number of hydrogen-bond donors (Lipinski definition) is 1. The van der Waals surface area contributed by atoms with E-state index in [9.17, 15) is 4.79 Å². The molecule has 0 heterocycles. The highest BCUT2D eigenvalue weighted by Gasteiger charge is 2.48. The Bertz CT molecular complexity index is 399. The molecule has 0 saturated heterocycles. The molecule has 2 amide bonds. The van der Waals surface area contributed by atoms with Crippen LogP contribution in [0.2, 0.25) is 0 Å². The zero-order chi connectivity index (χ0) is 15.3. The second kappa shape index (κ2) is 5.72. The van der Waals surface area contributed by atoms with Gasteiger partial charge < -0.3 is 10.2 Å². The summed E-state index contributed by atoms with van der Waals surface area (Å²) in [6.45, 7) is 2.34. The SMILES string of the molecule is CC1CCC(N(C)C(=O)NC2C3CC4CC(C3)CC2C4)CC1. The molecule has 5 rings (SSSR count). The summed E-state index contributed by atoms with van der Waals surface area (Å²) in [4.78, 5) is 14.8. The minimum absolute atomic E-state index is 0.206. The summed E-state index contributed by atoms with van der Waals surface area (Å²) < 4.78 is 0. The molecule has 22 heavy (non-hydrogen) atoms. The summed E-state index contributed by atoms with van der Waals surface area (Å²) in [5.74, 6) is 4.36. The number of nitrogens with one attached hydrogen (secondary N) is 1. The van der Waals surface area contributed by atoms with Crippen LogP contribution in [0.25, 0.3) is 0 Å². The normalized spacial score (nSPS) is 46.5. The molecule has 0 atom stereocenters. The van der Waals surface area contributed by atoms with Gasteiger partial charge in [0.1, 0.15) is 0 Å². The molecule has 4 bridgehead atoms. The third kappa shape index (κ3) is 2.65. The summed E-state index contributed by atoms with van der Waals surface area (Å²) in [6, 6.07) is 1.15. The molecule has 3 heteroatoms. The van der Waals surface area contributed by atoms with Gasteiger partial charge in [0.2, 0.25) is 0 Å². The van der Waals surface area contributed by atoms with Gasteiger partial charge in [-0.1, -0.05) is 6.92 Å². The quantitative estimate of drug-likeness (QED) is 0.820. The standard InChI is InChI=1S/C19H32N2O/c1-12-3-5-17(6-4-12)21(2)19(22)20-18-15-8-13-7-14(10-15)11-16(18)9-13/h12-18H,3-11H2,1-2H3,(H,20,22). The topological polar surface area (TPSA) is 32.3 Å². The molecule has 0 spiro atoms. The van der Waals surface area contributed by atoms with Crippen LogP contribution in [-0.4, -0.2) is 30.1 Å². The number of nitrogens with zero attached hydrogens (tertiary/aromatic N) is 1. The van der Waals surface area contributed by atoms with Crippen LogP contribution in [0.1, 0.15) is 64.7 Å². The van der Waals surface area contributed by atoms with Gasteiger partial charge >= 0.3 is 6.03 Å². The second-order valence-electron chi connectivity index (χ2n) is 8.93. The fourth-order valence-corrected chi connectivity index (χ4v) is 6.20. The zero-order valence-corrected chi connectivity index (χ0v) is 14.3.